The number of carbonyl (C=O) groups excluding carboxylic acids is 2. The van der Waals surface area contributed by atoms with Crippen molar-refractivity contribution in [1.82, 2.24) is 14.3 Å². The number of nitrogens with zero attached hydrogens (tertiary/aromatic N) is 3. The van der Waals surface area contributed by atoms with Crippen molar-refractivity contribution in [3.63, 3.8) is 0 Å². The van der Waals surface area contributed by atoms with Crippen molar-refractivity contribution >= 4 is 28.5 Å². The molecule has 1 amide bonds. The molecule has 3 atom stereocenters. The molecule has 0 spiro atoms. The lowest BCUT2D eigenvalue weighted by molar-refractivity contribution is -0.151. The number of hydrogen-bond acceptors (Lipinski definition) is 8. The number of nitrogens with one attached hydrogen (secondary N) is 1. The van der Waals surface area contributed by atoms with Gasteiger partial charge in [-0.1, -0.05) is 20.3 Å². The topological polar surface area (TPSA) is 93.7 Å². The molecule has 0 radical (unpaired) electrons. The van der Waals surface area contributed by atoms with Crippen molar-refractivity contribution in [3.05, 3.63) is 0 Å². The molecule has 0 saturated carbocycles. The van der Waals surface area contributed by atoms with E-state index in [1.165, 1.54) is 14.2 Å². The molecule has 1 fully saturated rings. The van der Waals surface area contributed by atoms with Crippen molar-refractivity contribution < 1.29 is 19.1 Å². The molecule has 1 N–H and O–H groups in total. The van der Waals surface area contributed by atoms with Crippen molar-refractivity contribution in [1.29, 1.82) is 0 Å². The lowest BCUT2D eigenvalue weighted by atomic mass is 9.97. The summed E-state index contributed by atoms with van der Waals surface area (Å²) in [4.78, 5) is 30.8. The first-order valence-electron chi connectivity index (χ1n) is 8.04. The molecule has 9 heteroatoms. The third kappa shape index (κ3) is 3.95. The maximum atomic E-state index is 13.0. The Kier molecular flexibility index (Phi) is 6.36. The maximum Gasteiger partial charge on any atom is 0.329 e. The average molecular weight is 356 g/mol. The lowest BCUT2D eigenvalue weighted by Crippen LogP contribution is -2.50. The number of aromatic nitrogens is 2. The number of amides is 1. The molecule has 1 aromatic heterocycles. The Morgan fingerprint density at radius 2 is 2.21 bits per heavy atom. The third-order valence-corrected chi connectivity index (χ3v) is 4.99. The number of likely N-dealkylation sites (tertiary alicyclic amines) is 1. The number of hydrogen-bond donors (Lipinski definition) is 1. The predicted octanol–water partition coefficient (Wildman–Crippen LogP) is 1.54. The zero-order chi connectivity index (χ0) is 17.7. The standard InChI is InChI=1S/C15H24N4O4S/c1-5-9(2)11(16-15-17-14(23-4)18-24-15)12(20)19-8-6-7-10(19)13(21)22-3/h9-11H,5-8H2,1-4H3,(H,16,17,18)/t9-,10-,11-/m0/s1. The van der Waals surface area contributed by atoms with Gasteiger partial charge in [0.1, 0.15) is 12.1 Å². The molecule has 2 rings (SSSR count). The first-order chi connectivity index (χ1) is 11.5. The summed E-state index contributed by atoms with van der Waals surface area (Å²) >= 11 is 1.14. The van der Waals surface area contributed by atoms with Crippen LogP contribution in [0.4, 0.5) is 5.13 Å². The molecule has 2 heterocycles. The third-order valence-electron chi connectivity index (χ3n) is 4.36. The lowest BCUT2D eigenvalue weighted by Gasteiger charge is -2.30. The fourth-order valence-electron chi connectivity index (χ4n) is 2.76. The number of methoxy groups -OCH3 is 2. The zero-order valence-electron chi connectivity index (χ0n) is 14.4. The fourth-order valence-corrected chi connectivity index (χ4v) is 3.34. The monoisotopic (exact) mass is 356 g/mol. The second-order valence-corrected chi connectivity index (χ2v) is 6.56. The Bertz CT molecular complexity index is 580. The van der Waals surface area contributed by atoms with Gasteiger partial charge >= 0.3 is 12.0 Å². The summed E-state index contributed by atoms with van der Waals surface area (Å²) in [6, 6.07) is -0.704. The second kappa shape index (κ2) is 8.27. The van der Waals surface area contributed by atoms with Crippen LogP contribution in [0.15, 0.2) is 0 Å². The van der Waals surface area contributed by atoms with Crippen LogP contribution in [0.3, 0.4) is 0 Å². The highest BCUT2D eigenvalue weighted by atomic mass is 32.1. The van der Waals surface area contributed by atoms with Crippen molar-refractivity contribution in [2.75, 3.05) is 26.1 Å². The van der Waals surface area contributed by atoms with Crippen molar-refractivity contribution in [3.8, 4) is 6.01 Å². The molecule has 1 aromatic rings. The smallest absolute Gasteiger partial charge is 0.329 e. The molecule has 0 aromatic carbocycles. The van der Waals surface area contributed by atoms with Crippen LogP contribution >= 0.6 is 11.5 Å². The van der Waals surface area contributed by atoms with Crippen LogP contribution < -0.4 is 10.1 Å². The zero-order valence-corrected chi connectivity index (χ0v) is 15.3. The number of ether oxygens (including phenoxy) is 2. The van der Waals surface area contributed by atoms with E-state index in [-0.39, 0.29) is 23.8 Å². The molecule has 24 heavy (non-hydrogen) atoms. The molecular formula is C15H24N4O4S. The van der Waals surface area contributed by atoms with E-state index in [9.17, 15) is 9.59 Å². The SMILES string of the molecule is CC[C@H](C)[C@H](Nc1nc(OC)ns1)C(=O)N1CCC[C@H]1C(=O)OC. The van der Waals surface area contributed by atoms with Gasteiger partial charge in [-0.25, -0.2) is 4.79 Å². The second-order valence-electron chi connectivity index (χ2n) is 5.81. The molecule has 8 nitrogen and oxygen atoms in total. The Morgan fingerprint density at radius 1 is 1.46 bits per heavy atom. The van der Waals surface area contributed by atoms with Gasteiger partial charge in [0.25, 0.3) is 0 Å². The van der Waals surface area contributed by atoms with Gasteiger partial charge in [0.15, 0.2) is 0 Å². The Morgan fingerprint density at radius 3 is 2.79 bits per heavy atom. The Labute approximate surface area is 145 Å². The first kappa shape index (κ1) is 18.4. The van der Waals surface area contributed by atoms with Gasteiger partial charge in [-0.2, -0.15) is 4.98 Å². The van der Waals surface area contributed by atoms with Gasteiger partial charge in [0.2, 0.25) is 11.0 Å². The van der Waals surface area contributed by atoms with Crippen LogP contribution in [0, 0.1) is 5.92 Å². The minimum atomic E-state index is -0.500. The quantitative estimate of drug-likeness (QED) is 0.741. The van der Waals surface area contributed by atoms with E-state index in [0.29, 0.717) is 18.1 Å². The summed E-state index contributed by atoms with van der Waals surface area (Å²) in [5.74, 6) is -0.390. The van der Waals surface area contributed by atoms with E-state index in [0.717, 1.165) is 24.4 Å². The van der Waals surface area contributed by atoms with E-state index in [1.54, 1.807) is 4.90 Å². The summed E-state index contributed by atoms with van der Waals surface area (Å²) < 4.78 is 13.8. The fraction of sp³-hybridized carbons (Fsp3) is 0.733. The van der Waals surface area contributed by atoms with Gasteiger partial charge < -0.3 is 19.7 Å². The van der Waals surface area contributed by atoms with Gasteiger partial charge in [0.05, 0.1) is 14.2 Å². The van der Waals surface area contributed by atoms with E-state index in [4.69, 9.17) is 9.47 Å². The molecular weight excluding hydrogens is 332 g/mol. The van der Waals surface area contributed by atoms with E-state index in [2.05, 4.69) is 14.7 Å². The number of esters is 1. The Balaban J connectivity index is 2.17. The molecule has 0 aliphatic carbocycles. The van der Waals surface area contributed by atoms with Gasteiger partial charge in [-0.15, -0.1) is 4.37 Å². The summed E-state index contributed by atoms with van der Waals surface area (Å²) in [6.45, 7) is 4.58. The van der Waals surface area contributed by atoms with Crippen molar-refractivity contribution in [2.24, 2.45) is 5.92 Å². The highest BCUT2D eigenvalue weighted by Gasteiger charge is 2.39. The molecule has 134 valence electrons. The highest BCUT2D eigenvalue weighted by Crippen LogP contribution is 2.25. The first-order valence-corrected chi connectivity index (χ1v) is 8.81. The highest BCUT2D eigenvalue weighted by molar-refractivity contribution is 7.09. The van der Waals surface area contributed by atoms with E-state index < -0.39 is 12.1 Å². The normalized spacial score (nSPS) is 19.7. The number of rotatable bonds is 7. The molecule has 1 saturated heterocycles. The minimum absolute atomic E-state index is 0.0753. The molecule has 1 aliphatic heterocycles. The number of carbonyl (C=O) groups is 2. The summed E-state index contributed by atoms with van der Waals surface area (Å²) in [5.41, 5.74) is 0. The van der Waals surface area contributed by atoms with Gasteiger partial charge in [-0.3, -0.25) is 4.79 Å². The van der Waals surface area contributed by atoms with Crippen LogP contribution in [-0.4, -0.2) is 59.0 Å². The van der Waals surface area contributed by atoms with Crippen molar-refractivity contribution in [2.45, 2.75) is 45.2 Å². The van der Waals surface area contributed by atoms with Crippen LogP contribution in [0.2, 0.25) is 0 Å². The van der Waals surface area contributed by atoms with Crippen LogP contribution in [0.1, 0.15) is 33.1 Å². The molecule has 0 bridgehead atoms. The van der Waals surface area contributed by atoms with Gasteiger partial charge in [-0.05, 0) is 18.8 Å². The van der Waals surface area contributed by atoms with Crippen LogP contribution in [0.25, 0.3) is 0 Å². The van der Waals surface area contributed by atoms with Crippen LogP contribution in [-0.2, 0) is 14.3 Å². The maximum absolute atomic E-state index is 13.0. The molecule has 0 unspecified atom stereocenters. The predicted molar refractivity (Wildman–Crippen MR) is 90.1 cm³/mol. The average Bonchev–Trinajstić information content (AvgIpc) is 3.26. The largest absolute Gasteiger partial charge is 0.467 e. The Hall–Kier alpha value is -1.90. The van der Waals surface area contributed by atoms with E-state index in [1.807, 2.05) is 13.8 Å². The summed E-state index contributed by atoms with van der Waals surface area (Å²) in [5, 5.41) is 3.69. The van der Waals surface area contributed by atoms with Gasteiger partial charge in [0, 0.05) is 18.1 Å². The van der Waals surface area contributed by atoms with E-state index >= 15 is 0 Å². The van der Waals surface area contributed by atoms with Crippen LogP contribution in [0.5, 0.6) is 6.01 Å². The summed E-state index contributed by atoms with van der Waals surface area (Å²) in [7, 11) is 2.84. The number of anilines is 1. The summed E-state index contributed by atoms with van der Waals surface area (Å²) in [6.07, 6.45) is 2.25. The molecule has 1 aliphatic rings. The minimum Gasteiger partial charge on any atom is -0.467 e.